The van der Waals surface area contributed by atoms with Gasteiger partial charge in [0, 0.05) is 23.9 Å². The van der Waals surface area contributed by atoms with E-state index in [2.05, 4.69) is 36.4 Å². The van der Waals surface area contributed by atoms with Gasteiger partial charge in [0.25, 0.3) is 0 Å². The number of pyridine rings is 1. The summed E-state index contributed by atoms with van der Waals surface area (Å²) in [5, 5.41) is 18.9. The molecule has 0 bridgehead atoms. The predicted molar refractivity (Wildman–Crippen MR) is 174 cm³/mol. The van der Waals surface area contributed by atoms with Crippen molar-refractivity contribution in [2.45, 2.75) is 18.3 Å². The lowest BCUT2D eigenvalue weighted by Crippen LogP contribution is -2.43. The summed E-state index contributed by atoms with van der Waals surface area (Å²) in [7, 11) is 3.10. The van der Waals surface area contributed by atoms with Gasteiger partial charge in [0.15, 0.2) is 5.82 Å². The highest BCUT2D eigenvalue weighted by Crippen LogP contribution is 2.40. The van der Waals surface area contributed by atoms with Gasteiger partial charge < -0.3 is 24.1 Å². The number of nitrogens with zero attached hydrogens (tertiary/aromatic N) is 5. The minimum Gasteiger partial charge on any atom is -0.496 e. The lowest BCUT2D eigenvalue weighted by Gasteiger charge is -2.30. The van der Waals surface area contributed by atoms with Gasteiger partial charge in [-0.05, 0) is 52.4 Å². The summed E-state index contributed by atoms with van der Waals surface area (Å²) in [4.78, 5) is 4.52. The molecule has 1 N–H and O–H groups in total. The summed E-state index contributed by atoms with van der Waals surface area (Å²) in [5.41, 5.74) is 1.08. The van der Waals surface area contributed by atoms with E-state index in [1.807, 2.05) is 0 Å². The maximum Gasteiger partial charge on any atom is 0.246 e. The van der Waals surface area contributed by atoms with E-state index in [-0.39, 0.29) is 18.3 Å². The Labute approximate surface area is 267 Å². The van der Waals surface area contributed by atoms with Crippen molar-refractivity contribution >= 4 is 46.1 Å². The molecule has 2 aromatic carbocycles. The second-order valence-corrected chi connectivity index (χ2v) is 13.8. The van der Waals surface area contributed by atoms with Gasteiger partial charge in [0.1, 0.15) is 40.0 Å². The van der Waals surface area contributed by atoms with Crippen molar-refractivity contribution < 1.29 is 32.5 Å². The Kier molecular flexibility index (Phi) is 11.0. The van der Waals surface area contributed by atoms with E-state index < -0.39 is 21.4 Å². The van der Waals surface area contributed by atoms with Crippen LogP contribution >= 0.6 is 30.1 Å². The maximum atomic E-state index is 14.4. The van der Waals surface area contributed by atoms with Crippen LogP contribution in [0.3, 0.4) is 0 Å². The normalized spacial score (nSPS) is 12.8. The molecular formula is C28H32IN5O7S2. The van der Waals surface area contributed by atoms with Crippen molar-refractivity contribution in [2.75, 3.05) is 45.0 Å². The first-order valence-corrected chi connectivity index (χ1v) is 18.0. The van der Waals surface area contributed by atoms with Crippen LogP contribution < -0.4 is 23.3 Å². The summed E-state index contributed by atoms with van der Waals surface area (Å²) in [5.74, 6) is 2.07. The van der Waals surface area contributed by atoms with Crippen molar-refractivity contribution in [3.05, 3.63) is 66.2 Å². The van der Waals surface area contributed by atoms with Crippen LogP contribution in [-0.2, 0) is 10.0 Å². The van der Waals surface area contributed by atoms with E-state index in [4.69, 9.17) is 18.9 Å². The minimum atomic E-state index is -4.29. The number of aromatic nitrogens is 4. The molecule has 0 aliphatic rings. The first kappa shape index (κ1) is 32.6. The lowest BCUT2D eigenvalue weighted by molar-refractivity contribution is 0.171. The molecule has 43 heavy (non-hydrogen) atoms. The molecule has 230 valence electrons. The average molecular weight is 742 g/mol. The van der Waals surface area contributed by atoms with Gasteiger partial charge in [-0.1, -0.05) is 39.3 Å². The number of para-hydroxylation sites is 2. The van der Waals surface area contributed by atoms with Gasteiger partial charge in [0.2, 0.25) is 21.9 Å². The van der Waals surface area contributed by atoms with Crippen molar-refractivity contribution in [3.63, 3.8) is 0 Å². The fourth-order valence-corrected chi connectivity index (χ4v) is 7.02. The number of ether oxygens (including phenoxy) is 4. The van der Waals surface area contributed by atoms with Gasteiger partial charge in [-0.25, -0.2) is 17.7 Å². The molecule has 0 spiro atoms. The summed E-state index contributed by atoms with van der Waals surface area (Å²) in [6.07, 6.45) is -1.41. The van der Waals surface area contributed by atoms with Crippen LogP contribution in [0.1, 0.15) is 18.6 Å². The first-order valence-electron chi connectivity index (χ1n) is 13.0. The van der Waals surface area contributed by atoms with Crippen LogP contribution in [0, 0.1) is 0 Å². The van der Waals surface area contributed by atoms with Crippen LogP contribution in [0.5, 0.6) is 23.1 Å². The average Bonchev–Trinajstić information content (AvgIpc) is 3.47. The zero-order chi connectivity index (χ0) is 31.1. The van der Waals surface area contributed by atoms with E-state index in [0.717, 1.165) is 4.31 Å². The molecule has 0 amide bonds. The Morgan fingerprint density at radius 1 is 0.907 bits per heavy atom. The Hall–Kier alpha value is -3.28. The Balaban J connectivity index is 1.98. The quantitative estimate of drug-likeness (QED) is 0.180. The van der Waals surface area contributed by atoms with E-state index in [9.17, 15) is 13.5 Å². The minimum absolute atomic E-state index is 0.0278. The smallest absolute Gasteiger partial charge is 0.246 e. The highest BCUT2D eigenvalue weighted by molar-refractivity contribution is 14.2. The molecule has 2 aromatic heterocycles. The van der Waals surface area contributed by atoms with Crippen LogP contribution in [0.25, 0.3) is 17.2 Å². The second-order valence-electron chi connectivity index (χ2n) is 9.06. The summed E-state index contributed by atoms with van der Waals surface area (Å²) >= 11 is 2.11. The van der Waals surface area contributed by atoms with Gasteiger partial charge in [-0.2, -0.15) is 0 Å². The van der Waals surface area contributed by atoms with Gasteiger partial charge in [0.05, 0.1) is 28.4 Å². The molecule has 4 aromatic rings. The third kappa shape index (κ3) is 6.63. The topological polar surface area (TPSA) is 138 Å². The fourth-order valence-electron chi connectivity index (χ4n) is 4.50. The van der Waals surface area contributed by atoms with E-state index in [1.54, 1.807) is 60.7 Å². The second kappa shape index (κ2) is 14.5. The van der Waals surface area contributed by atoms with Gasteiger partial charge in [-0.15, -0.1) is 10.2 Å². The SMILES string of the molecule is COc1cccc(-c2nnc(N(CCSI)S(=O)(=O)[C@H](C)[C@H](O)c3ccccc3OC)n2-c2c(OC)cccc2OC)n1. The molecular weight excluding hydrogens is 709 g/mol. The number of anilines is 1. The number of rotatable bonds is 14. The van der Waals surface area contributed by atoms with E-state index in [1.165, 1.54) is 48.9 Å². The zero-order valence-electron chi connectivity index (χ0n) is 24.2. The highest BCUT2D eigenvalue weighted by atomic mass is 127. The Bertz CT molecular complexity index is 1630. The molecule has 0 radical (unpaired) electrons. The number of methoxy groups -OCH3 is 4. The first-order chi connectivity index (χ1) is 20.7. The fraction of sp³-hybridized carbons (Fsp3) is 0.321. The number of sulfonamides is 1. The van der Waals surface area contributed by atoms with Crippen LogP contribution in [0.15, 0.2) is 60.7 Å². The van der Waals surface area contributed by atoms with Crippen LogP contribution in [0.4, 0.5) is 5.95 Å². The van der Waals surface area contributed by atoms with Crippen molar-refractivity contribution in [2.24, 2.45) is 0 Å². The Morgan fingerprint density at radius 2 is 1.53 bits per heavy atom. The third-order valence-electron chi connectivity index (χ3n) is 6.71. The van der Waals surface area contributed by atoms with E-state index in [0.29, 0.717) is 45.8 Å². The maximum absolute atomic E-state index is 14.4. The third-order valence-corrected chi connectivity index (χ3v) is 10.5. The number of benzene rings is 2. The molecule has 12 nitrogen and oxygen atoms in total. The molecule has 0 aliphatic heterocycles. The van der Waals surface area contributed by atoms with Crippen LogP contribution in [-0.4, -0.2) is 79.3 Å². The molecule has 4 rings (SSSR count). The molecule has 2 heterocycles. The zero-order valence-corrected chi connectivity index (χ0v) is 28.0. The number of aliphatic hydroxyl groups excluding tert-OH is 1. The molecule has 0 aliphatic carbocycles. The summed E-state index contributed by atoms with van der Waals surface area (Å²) < 4.78 is 53.6. The standard InChI is InChI=1S/C28H32IN5O7S2/c1-18(26(35)19-10-6-7-12-21(19)38-2)43(36,37)33(16-17-42-29)28-32-31-27(20-11-8-15-24(30-20)41-5)34(28)25-22(39-3)13-9-14-23(25)40-4/h6-15,18,26,35H,16-17H2,1-5H3/t18-,26+/m1/s1. The van der Waals surface area contributed by atoms with Crippen molar-refractivity contribution in [1.29, 1.82) is 0 Å². The summed E-state index contributed by atoms with van der Waals surface area (Å²) in [6.45, 7) is 1.48. The number of aliphatic hydroxyl groups is 1. The van der Waals surface area contributed by atoms with Gasteiger partial charge >= 0.3 is 0 Å². The lowest BCUT2D eigenvalue weighted by atomic mass is 10.1. The van der Waals surface area contributed by atoms with E-state index >= 15 is 0 Å². The largest absolute Gasteiger partial charge is 0.496 e. The number of halogens is 1. The van der Waals surface area contributed by atoms with Crippen LogP contribution in [0.2, 0.25) is 0 Å². The molecule has 0 saturated heterocycles. The van der Waals surface area contributed by atoms with Gasteiger partial charge in [-0.3, -0.25) is 4.57 Å². The monoisotopic (exact) mass is 741 g/mol. The number of hydrogen-bond donors (Lipinski definition) is 1. The molecule has 0 unspecified atom stereocenters. The molecule has 0 saturated carbocycles. The summed E-state index contributed by atoms with van der Waals surface area (Å²) in [6, 6.07) is 17.1. The number of hydrogen-bond acceptors (Lipinski definition) is 11. The predicted octanol–water partition coefficient (Wildman–Crippen LogP) is 4.71. The Morgan fingerprint density at radius 3 is 2.16 bits per heavy atom. The van der Waals surface area contributed by atoms with Crippen molar-refractivity contribution in [1.82, 2.24) is 19.7 Å². The molecule has 2 atom stereocenters. The highest BCUT2D eigenvalue weighted by Gasteiger charge is 2.39. The van der Waals surface area contributed by atoms with Crippen molar-refractivity contribution in [3.8, 4) is 40.3 Å². The molecule has 0 fully saturated rings. The molecule has 15 heteroatoms.